The molecule has 0 aliphatic carbocycles. The topological polar surface area (TPSA) is 38.9 Å². The SMILES string of the molecule is NC(Cc1ccc(Br)cn1)Cc1c(F)cccc1Cl. The van der Waals surface area contributed by atoms with Gasteiger partial charge in [0.1, 0.15) is 5.82 Å². The van der Waals surface area contributed by atoms with Crippen molar-refractivity contribution in [1.82, 2.24) is 4.98 Å². The lowest BCUT2D eigenvalue weighted by atomic mass is 10.0. The van der Waals surface area contributed by atoms with Gasteiger partial charge in [0, 0.05) is 39.4 Å². The molecule has 2 rings (SSSR count). The van der Waals surface area contributed by atoms with E-state index in [2.05, 4.69) is 20.9 Å². The second-order valence-corrected chi connectivity index (χ2v) is 5.66. The highest BCUT2D eigenvalue weighted by Crippen LogP contribution is 2.21. The molecule has 1 aromatic heterocycles. The first-order valence-corrected chi connectivity index (χ1v) is 7.02. The summed E-state index contributed by atoms with van der Waals surface area (Å²) >= 11 is 9.30. The van der Waals surface area contributed by atoms with Crippen LogP contribution in [0.5, 0.6) is 0 Å². The summed E-state index contributed by atoms with van der Waals surface area (Å²) in [4.78, 5) is 4.25. The zero-order chi connectivity index (χ0) is 13.8. The van der Waals surface area contributed by atoms with Crippen molar-refractivity contribution >= 4 is 27.5 Å². The van der Waals surface area contributed by atoms with E-state index in [1.165, 1.54) is 6.07 Å². The zero-order valence-corrected chi connectivity index (χ0v) is 12.5. The van der Waals surface area contributed by atoms with E-state index < -0.39 is 0 Å². The van der Waals surface area contributed by atoms with E-state index in [0.717, 1.165) is 10.2 Å². The predicted molar refractivity (Wildman–Crippen MR) is 78.7 cm³/mol. The average Bonchev–Trinajstić information content (AvgIpc) is 2.37. The molecule has 0 radical (unpaired) electrons. The van der Waals surface area contributed by atoms with Crippen LogP contribution in [0.4, 0.5) is 4.39 Å². The minimum absolute atomic E-state index is 0.219. The van der Waals surface area contributed by atoms with Crippen molar-refractivity contribution in [2.24, 2.45) is 5.73 Å². The van der Waals surface area contributed by atoms with Crippen LogP contribution in [-0.4, -0.2) is 11.0 Å². The summed E-state index contributed by atoms with van der Waals surface area (Å²) in [5.41, 5.74) is 7.38. The number of aromatic nitrogens is 1. The molecule has 0 spiro atoms. The molecule has 5 heteroatoms. The third-order valence-corrected chi connectivity index (χ3v) is 3.61. The molecule has 1 atom stereocenters. The van der Waals surface area contributed by atoms with Crippen LogP contribution in [0.15, 0.2) is 41.0 Å². The van der Waals surface area contributed by atoms with Crippen LogP contribution in [-0.2, 0) is 12.8 Å². The first-order chi connectivity index (χ1) is 9.06. The van der Waals surface area contributed by atoms with E-state index in [1.54, 1.807) is 18.3 Å². The average molecular weight is 344 g/mol. The number of rotatable bonds is 4. The minimum Gasteiger partial charge on any atom is -0.327 e. The Balaban J connectivity index is 2.05. The maximum absolute atomic E-state index is 13.6. The van der Waals surface area contributed by atoms with Gasteiger partial charge >= 0.3 is 0 Å². The van der Waals surface area contributed by atoms with E-state index in [9.17, 15) is 4.39 Å². The monoisotopic (exact) mass is 342 g/mol. The predicted octanol–water partition coefficient (Wildman–Crippen LogP) is 3.75. The maximum Gasteiger partial charge on any atom is 0.127 e. The Bertz CT molecular complexity index is 540. The molecule has 0 aliphatic rings. The molecule has 0 bridgehead atoms. The van der Waals surface area contributed by atoms with Crippen LogP contribution in [0.1, 0.15) is 11.3 Å². The van der Waals surface area contributed by atoms with Crippen LogP contribution in [0.3, 0.4) is 0 Å². The van der Waals surface area contributed by atoms with Crippen molar-refractivity contribution in [3.05, 3.63) is 63.1 Å². The molecule has 1 aromatic carbocycles. The lowest BCUT2D eigenvalue weighted by molar-refractivity contribution is 0.581. The van der Waals surface area contributed by atoms with Crippen LogP contribution in [0.2, 0.25) is 5.02 Å². The summed E-state index contributed by atoms with van der Waals surface area (Å²) in [7, 11) is 0. The molecule has 2 nitrogen and oxygen atoms in total. The lowest BCUT2D eigenvalue weighted by Gasteiger charge is -2.13. The zero-order valence-electron chi connectivity index (χ0n) is 10.1. The second kappa shape index (κ2) is 6.46. The minimum atomic E-state index is -0.313. The van der Waals surface area contributed by atoms with Crippen molar-refractivity contribution in [2.45, 2.75) is 18.9 Å². The summed E-state index contributed by atoms with van der Waals surface area (Å²) in [5, 5.41) is 0.416. The van der Waals surface area contributed by atoms with E-state index in [0.29, 0.717) is 23.4 Å². The molecular formula is C14H13BrClFN2. The Labute approximate surface area is 124 Å². The number of nitrogens with two attached hydrogens (primary N) is 1. The number of benzene rings is 1. The van der Waals surface area contributed by atoms with Crippen molar-refractivity contribution < 1.29 is 4.39 Å². The van der Waals surface area contributed by atoms with Crippen LogP contribution in [0, 0.1) is 5.82 Å². The van der Waals surface area contributed by atoms with E-state index >= 15 is 0 Å². The second-order valence-electron chi connectivity index (χ2n) is 4.34. The highest BCUT2D eigenvalue weighted by atomic mass is 79.9. The highest BCUT2D eigenvalue weighted by Gasteiger charge is 2.12. The van der Waals surface area contributed by atoms with Crippen molar-refractivity contribution in [2.75, 3.05) is 0 Å². The third kappa shape index (κ3) is 4.00. The number of halogens is 3. The summed E-state index contributed by atoms with van der Waals surface area (Å²) in [6.07, 6.45) is 2.69. The van der Waals surface area contributed by atoms with Crippen molar-refractivity contribution in [3.8, 4) is 0 Å². The number of hydrogen-bond donors (Lipinski definition) is 1. The van der Waals surface area contributed by atoms with Gasteiger partial charge in [-0.1, -0.05) is 17.7 Å². The first kappa shape index (κ1) is 14.4. The fourth-order valence-electron chi connectivity index (χ4n) is 1.86. The molecule has 1 unspecified atom stereocenters. The van der Waals surface area contributed by atoms with Crippen molar-refractivity contribution in [3.63, 3.8) is 0 Å². The van der Waals surface area contributed by atoms with Crippen LogP contribution >= 0.6 is 27.5 Å². The normalized spacial score (nSPS) is 12.4. The van der Waals surface area contributed by atoms with Gasteiger partial charge in [-0.2, -0.15) is 0 Å². The van der Waals surface area contributed by atoms with Crippen molar-refractivity contribution in [1.29, 1.82) is 0 Å². The lowest BCUT2D eigenvalue weighted by Crippen LogP contribution is -2.26. The Kier molecular flexibility index (Phi) is 4.91. The fourth-order valence-corrected chi connectivity index (χ4v) is 2.33. The molecule has 2 aromatic rings. The van der Waals surface area contributed by atoms with E-state index in [4.69, 9.17) is 17.3 Å². The summed E-state index contributed by atoms with van der Waals surface area (Å²) in [6.45, 7) is 0. The van der Waals surface area contributed by atoms with Crippen LogP contribution in [0.25, 0.3) is 0 Å². The number of hydrogen-bond acceptors (Lipinski definition) is 2. The van der Waals surface area contributed by atoms with Crippen LogP contribution < -0.4 is 5.73 Å². The highest BCUT2D eigenvalue weighted by molar-refractivity contribution is 9.10. The molecule has 0 aliphatic heterocycles. The molecule has 19 heavy (non-hydrogen) atoms. The largest absolute Gasteiger partial charge is 0.327 e. The third-order valence-electron chi connectivity index (χ3n) is 2.79. The summed E-state index contributed by atoms with van der Waals surface area (Å²) in [6, 6.07) is 8.24. The molecule has 0 fully saturated rings. The molecule has 0 saturated carbocycles. The Morgan fingerprint density at radius 2 is 2.05 bits per heavy atom. The van der Waals surface area contributed by atoms with E-state index in [1.807, 2.05) is 12.1 Å². The Morgan fingerprint density at radius 3 is 2.68 bits per heavy atom. The van der Waals surface area contributed by atoms with Gasteiger partial charge in [0.05, 0.1) is 0 Å². The van der Waals surface area contributed by atoms with Gasteiger partial charge in [-0.3, -0.25) is 4.98 Å². The molecular weight excluding hydrogens is 331 g/mol. The first-order valence-electron chi connectivity index (χ1n) is 5.85. The van der Waals surface area contributed by atoms with Gasteiger partial charge in [0.2, 0.25) is 0 Å². The summed E-state index contributed by atoms with van der Waals surface area (Å²) in [5.74, 6) is -0.313. The number of nitrogens with zero attached hydrogens (tertiary/aromatic N) is 1. The smallest absolute Gasteiger partial charge is 0.127 e. The molecule has 0 amide bonds. The van der Waals surface area contributed by atoms with Gasteiger partial charge in [-0.15, -0.1) is 0 Å². The van der Waals surface area contributed by atoms with Gasteiger partial charge in [-0.05, 0) is 46.6 Å². The quantitative estimate of drug-likeness (QED) is 0.918. The van der Waals surface area contributed by atoms with Gasteiger partial charge in [0.25, 0.3) is 0 Å². The summed E-state index contributed by atoms with van der Waals surface area (Å²) < 4.78 is 14.6. The van der Waals surface area contributed by atoms with E-state index in [-0.39, 0.29) is 11.9 Å². The number of pyridine rings is 1. The molecule has 100 valence electrons. The molecule has 1 heterocycles. The standard InChI is InChI=1S/C14H13BrClFN2/c15-9-4-5-11(19-8-9)6-10(18)7-12-13(16)2-1-3-14(12)17/h1-5,8,10H,6-7,18H2. The Morgan fingerprint density at radius 1 is 1.26 bits per heavy atom. The Hall–Kier alpha value is -0.970. The molecule has 0 saturated heterocycles. The molecule has 2 N–H and O–H groups in total. The van der Waals surface area contributed by atoms with Gasteiger partial charge < -0.3 is 5.73 Å². The van der Waals surface area contributed by atoms with Gasteiger partial charge in [-0.25, -0.2) is 4.39 Å². The maximum atomic E-state index is 13.6. The fraction of sp³-hybridized carbons (Fsp3) is 0.214. The van der Waals surface area contributed by atoms with Gasteiger partial charge in [0.15, 0.2) is 0 Å².